The summed E-state index contributed by atoms with van der Waals surface area (Å²) >= 11 is 10.1. The van der Waals surface area contributed by atoms with E-state index in [4.69, 9.17) is 16.3 Å². The van der Waals surface area contributed by atoms with Crippen LogP contribution in [0.2, 0.25) is 0 Å². The van der Waals surface area contributed by atoms with Crippen LogP contribution in [-0.4, -0.2) is 7.11 Å². The van der Waals surface area contributed by atoms with Crippen LogP contribution in [0.15, 0.2) is 46.9 Å². The van der Waals surface area contributed by atoms with Crippen LogP contribution in [0.5, 0.6) is 5.75 Å². The maximum atomic E-state index is 6.63. The molecule has 0 aromatic heterocycles. The Kier molecular flexibility index (Phi) is 6.13. The Morgan fingerprint density at radius 3 is 2.48 bits per heavy atom. The molecule has 0 fully saturated rings. The third kappa shape index (κ3) is 4.24. The second kappa shape index (κ2) is 7.86. The van der Waals surface area contributed by atoms with Crippen LogP contribution < -0.4 is 4.74 Å². The Hall–Kier alpha value is -0.990. The molecular weight excluding hydrogens is 348 g/mol. The van der Waals surface area contributed by atoms with E-state index in [0.29, 0.717) is 0 Å². The number of hydrogen-bond donors (Lipinski definition) is 0. The fourth-order valence-electron chi connectivity index (χ4n) is 2.31. The predicted molar refractivity (Wildman–Crippen MR) is 93.4 cm³/mol. The first-order chi connectivity index (χ1) is 10.2. The quantitative estimate of drug-likeness (QED) is 0.558. The highest BCUT2D eigenvalue weighted by Crippen LogP contribution is 2.36. The lowest BCUT2D eigenvalue weighted by atomic mass is 10.0. The molecule has 112 valence electrons. The van der Waals surface area contributed by atoms with E-state index in [9.17, 15) is 0 Å². The summed E-state index contributed by atoms with van der Waals surface area (Å²) in [7, 11) is 1.67. The van der Waals surface area contributed by atoms with E-state index >= 15 is 0 Å². The molecule has 1 atom stereocenters. The highest BCUT2D eigenvalue weighted by Gasteiger charge is 2.15. The number of rotatable bonds is 6. The van der Waals surface area contributed by atoms with Crippen molar-refractivity contribution < 1.29 is 4.74 Å². The van der Waals surface area contributed by atoms with E-state index in [1.165, 1.54) is 18.4 Å². The molecule has 0 radical (unpaired) electrons. The third-order valence-corrected chi connectivity index (χ3v) is 4.54. The predicted octanol–water partition coefficient (Wildman–Crippen LogP) is 6.13. The number of methoxy groups -OCH3 is 1. The summed E-state index contributed by atoms with van der Waals surface area (Å²) in [6.45, 7) is 2.21. The van der Waals surface area contributed by atoms with Crippen molar-refractivity contribution in [2.24, 2.45) is 0 Å². The normalized spacial score (nSPS) is 12.2. The van der Waals surface area contributed by atoms with Gasteiger partial charge in [-0.3, -0.25) is 0 Å². The van der Waals surface area contributed by atoms with E-state index in [1.54, 1.807) is 7.11 Å². The molecule has 0 aliphatic carbocycles. The number of alkyl halides is 1. The van der Waals surface area contributed by atoms with Crippen molar-refractivity contribution in [3.63, 3.8) is 0 Å². The minimum atomic E-state index is -0.201. The molecule has 1 unspecified atom stereocenters. The number of aryl methyl sites for hydroxylation is 1. The molecule has 0 saturated carbocycles. The molecule has 0 spiro atoms. The van der Waals surface area contributed by atoms with Crippen LogP contribution in [0, 0.1) is 0 Å². The van der Waals surface area contributed by atoms with Crippen molar-refractivity contribution in [2.45, 2.75) is 31.6 Å². The largest absolute Gasteiger partial charge is 0.496 e. The SMILES string of the molecule is CCCCc1ccc(C(Cl)c2ccc(Br)cc2OC)cc1. The van der Waals surface area contributed by atoms with Gasteiger partial charge in [0, 0.05) is 10.0 Å². The summed E-state index contributed by atoms with van der Waals surface area (Å²) in [5, 5.41) is -0.201. The summed E-state index contributed by atoms with van der Waals surface area (Å²) in [5.41, 5.74) is 3.45. The first kappa shape index (κ1) is 16.4. The summed E-state index contributed by atoms with van der Waals surface area (Å²) in [4.78, 5) is 0. The maximum Gasteiger partial charge on any atom is 0.125 e. The molecule has 0 N–H and O–H groups in total. The number of benzene rings is 2. The zero-order chi connectivity index (χ0) is 15.2. The lowest BCUT2D eigenvalue weighted by Crippen LogP contribution is -1.98. The Morgan fingerprint density at radius 1 is 1.14 bits per heavy atom. The fraction of sp³-hybridized carbons (Fsp3) is 0.333. The maximum absolute atomic E-state index is 6.63. The van der Waals surface area contributed by atoms with Crippen molar-refractivity contribution >= 4 is 27.5 Å². The summed E-state index contributed by atoms with van der Waals surface area (Å²) in [5.74, 6) is 0.805. The lowest BCUT2D eigenvalue weighted by molar-refractivity contribution is 0.410. The van der Waals surface area contributed by atoms with Crippen LogP contribution in [0.4, 0.5) is 0 Å². The Balaban J connectivity index is 2.21. The first-order valence-electron chi connectivity index (χ1n) is 7.22. The summed E-state index contributed by atoms with van der Waals surface area (Å²) in [6.07, 6.45) is 3.57. The molecule has 0 heterocycles. The molecule has 3 heteroatoms. The molecule has 0 aliphatic heterocycles. The molecule has 21 heavy (non-hydrogen) atoms. The Morgan fingerprint density at radius 2 is 1.86 bits per heavy atom. The Labute approximate surface area is 140 Å². The summed E-state index contributed by atoms with van der Waals surface area (Å²) in [6, 6.07) is 14.5. The van der Waals surface area contributed by atoms with Gasteiger partial charge < -0.3 is 4.74 Å². The van der Waals surface area contributed by atoms with Gasteiger partial charge in [0.2, 0.25) is 0 Å². The standard InChI is InChI=1S/C18H20BrClO/c1-3-4-5-13-6-8-14(9-7-13)18(20)16-11-10-15(19)12-17(16)21-2/h6-12,18H,3-5H2,1-2H3. The third-order valence-electron chi connectivity index (χ3n) is 3.56. The van der Waals surface area contributed by atoms with Gasteiger partial charge in [0.1, 0.15) is 5.75 Å². The molecule has 0 aliphatic rings. The minimum Gasteiger partial charge on any atom is -0.496 e. The van der Waals surface area contributed by atoms with Gasteiger partial charge in [-0.05, 0) is 36.1 Å². The first-order valence-corrected chi connectivity index (χ1v) is 8.45. The van der Waals surface area contributed by atoms with E-state index < -0.39 is 0 Å². The second-order valence-electron chi connectivity index (χ2n) is 5.09. The van der Waals surface area contributed by atoms with Gasteiger partial charge in [-0.15, -0.1) is 11.6 Å². The molecule has 2 aromatic rings. The molecule has 1 nitrogen and oxygen atoms in total. The molecule has 0 saturated heterocycles. The van der Waals surface area contributed by atoms with Crippen LogP contribution in [0.25, 0.3) is 0 Å². The van der Waals surface area contributed by atoms with Crippen LogP contribution in [0.1, 0.15) is 41.8 Å². The van der Waals surface area contributed by atoms with Gasteiger partial charge in [0.25, 0.3) is 0 Å². The second-order valence-corrected chi connectivity index (χ2v) is 6.45. The highest BCUT2D eigenvalue weighted by molar-refractivity contribution is 9.10. The average molecular weight is 368 g/mol. The zero-order valence-electron chi connectivity index (χ0n) is 12.4. The van der Waals surface area contributed by atoms with Crippen molar-refractivity contribution in [3.8, 4) is 5.75 Å². The van der Waals surface area contributed by atoms with Crippen LogP contribution in [0.3, 0.4) is 0 Å². The number of hydrogen-bond acceptors (Lipinski definition) is 1. The van der Waals surface area contributed by atoms with Gasteiger partial charge in [-0.2, -0.15) is 0 Å². The van der Waals surface area contributed by atoms with Gasteiger partial charge in [0.05, 0.1) is 12.5 Å². The van der Waals surface area contributed by atoms with E-state index in [-0.39, 0.29) is 5.38 Å². The van der Waals surface area contributed by atoms with Gasteiger partial charge >= 0.3 is 0 Å². The minimum absolute atomic E-state index is 0.201. The highest BCUT2D eigenvalue weighted by atomic mass is 79.9. The van der Waals surface area contributed by atoms with Crippen LogP contribution >= 0.6 is 27.5 Å². The molecular formula is C18H20BrClO. The van der Waals surface area contributed by atoms with Crippen molar-refractivity contribution in [1.29, 1.82) is 0 Å². The molecule has 0 amide bonds. The fourth-order valence-corrected chi connectivity index (χ4v) is 2.97. The lowest BCUT2D eigenvalue weighted by Gasteiger charge is -2.15. The van der Waals surface area contributed by atoms with E-state index in [2.05, 4.69) is 47.1 Å². The smallest absolute Gasteiger partial charge is 0.125 e. The molecule has 2 aromatic carbocycles. The van der Waals surface area contributed by atoms with Gasteiger partial charge in [-0.1, -0.05) is 59.6 Å². The van der Waals surface area contributed by atoms with Gasteiger partial charge in [0.15, 0.2) is 0 Å². The number of halogens is 2. The van der Waals surface area contributed by atoms with Crippen molar-refractivity contribution in [3.05, 3.63) is 63.6 Å². The number of unbranched alkanes of at least 4 members (excludes halogenated alkanes) is 1. The van der Waals surface area contributed by atoms with E-state index in [0.717, 1.165) is 27.8 Å². The number of ether oxygens (including phenoxy) is 1. The molecule has 0 bridgehead atoms. The van der Waals surface area contributed by atoms with Crippen LogP contribution in [-0.2, 0) is 6.42 Å². The van der Waals surface area contributed by atoms with E-state index in [1.807, 2.05) is 18.2 Å². The Bertz CT molecular complexity index is 580. The monoisotopic (exact) mass is 366 g/mol. The van der Waals surface area contributed by atoms with Gasteiger partial charge in [-0.25, -0.2) is 0 Å². The molecule has 2 rings (SSSR count). The topological polar surface area (TPSA) is 9.23 Å². The average Bonchev–Trinajstić information content (AvgIpc) is 2.52. The van der Waals surface area contributed by atoms with Crippen molar-refractivity contribution in [2.75, 3.05) is 7.11 Å². The summed E-state index contributed by atoms with van der Waals surface area (Å²) < 4.78 is 6.42. The van der Waals surface area contributed by atoms with Crippen molar-refractivity contribution in [1.82, 2.24) is 0 Å². The zero-order valence-corrected chi connectivity index (χ0v) is 14.7.